The summed E-state index contributed by atoms with van der Waals surface area (Å²) >= 11 is 0. The van der Waals surface area contributed by atoms with Crippen LogP contribution in [0, 0.1) is 11.7 Å². The second kappa shape index (κ2) is 7.04. The Morgan fingerprint density at radius 3 is 2.89 bits per heavy atom. The van der Waals surface area contributed by atoms with Gasteiger partial charge in [-0.25, -0.2) is 4.39 Å². The number of halogens is 1. The van der Waals surface area contributed by atoms with Crippen LogP contribution in [0.2, 0.25) is 0 Å². The summed E-state index contributed by atoms with van der Waals surface area (Å²) in [4.78, 5) is 11.6. The Hall–Kier alpha value is -1.68. The van der Waals surface area contributed by atoms with Crippen LogP contribution >= 0.6 is 0 Å². The maximum Gasteiger partial charge on any atom is 0.243 e. The van der Waals surface area contributed by atoms with E-state index in [-0.39, 0.29) is 11.7 Å². The summed E-state index contributed by atoms with van der Waals surface area (Å²) in [5, 5.41) is 6.17. The van der Waals surface area contributed by atoms with Crippen LogP contribution in [0.15, 0.2) is 30.3 Å². The fourth-order valence-electron chi connectivity index (χ4n) is 2.17. The standard InChI is InChI=1S/C15H19FN2O/c16-14-4-1-12(2-5-14)3-6-15(19)18-10-8-13-7-9-17-11-13/h1-6,13,17H,7-11H2,(H,18,19). The Morgan fingerprint density at radius 2 is 2.21 bits per heavy atom. The molecule has 102 valence electrons. The number of amides is 1. The summed E-state index contributed by atoms with van der Waals surface area (Å²) in [6.07, 6.45) is 5.39. The number of carbonyl (C=O) groups excluding carboxylic acids is 1. The average Bonchev–Trinajstić information content (AvgIpc) is 2.91. The number of nitrogens with one attached hydrogen (secondary N) is 2. The van der Waals surface area contributed by atoms with E-state index in [2.05, 4.69) is 10.6 Å². The molecule has 0 bridgehead atoms. The monoisotopic (exact) mass is 262 g/mol. The van der Waals surface area contributed by atoms with Crippen molar-refractivity contribution in [1.82, 2.24) is 10.6 Å². The number of benzene rings is 1. The van der Waals surface area contributed by atoms with Gasteiger partial charge in [0.05, 0.1) is 0 Å². The third-order valence-corrected chi connectivity index (χ3v) is 3.31. The molecule has 3 nitrogen and oxygen atoms in total. The lowest BCUT2D eigenvalue weighted by atomic mass is 10.1. The number of hydrogen-bond acceptors (Lipinski definition) is 2. The Labute approximate surface area is 112 Å². The van der Waals surface area contributed by atoms with Crippen LogP contribution in [0.4, 0.5) is 4.39 Å². The Kier molecular flexibility index (Phi) is 5.10. The molecule has 1 amide bonds. The van der Waals surface area contributed by atoms with E-state index in [1.165, 1.54) is 24.6 Å². The molecule has 0 aromatic heterocycles. The molecule has 1 heterocycles. The van der Waals surface area contributed by atoms with Crippen LogP contribution in [0.25, 0.3) is 6.08 Å². The molecule has 0 radical (unpaired) electrons. The molecule has 1 aliphatic rings. The maximum absolute atomic E-state index is 12.7. The molecule has 19 heavy (non-hydrogen) atoms. The SMILES string of the molecule is O=C(C=Cc1ccc(F)cc1)NCCC1CCNC1. The zero-order valence-electron chi connectivity index (χ0n) is 10.9. The van der Waals surface area contributed by atoms with E-state index >= 15 is 0 Å². The number of hydrogen-bond donors (Lipinski definition) is 2. The minimum atomic E-state index is -0.272. The minimum absolute atomic E-state index is 0.102. The molecule has 0 saturated carbocycles. The molecule has 2 N–H and O–H groups in total. The summed E-state index contributed by atoms with van der Waals surface area (Å²) in [7, 11) is 0. The lowest BCUT2D eigenvalue weighted by molar-refractivity contribution is -0.116. The van der Waals surface area contributed by atoms with Gasteiger partial charge < -0.3 is 10.6 Å². The van der Waals surface area contributed by atoms with Gasteiger partial charge in [-0.05, 0) is 55.6 Å². The van der Waals surface area contributed by atoms with Gasteiger partial charge in [-0.15, -0.1) is 0 Å². The summed E-state index contributed by atoms with van der Waals surface area (Å²) in [5.41, 5.74) is 0.816. The first-order chi connectivity index (χ1) is 9.24. The molecule has 1 aromatic carbocycles. The van der Waals surface area contributed by atoms with Crippen LogP contribution < -0.4 is 10.6 Å². The molecule has 1 atom stereocenters. The lowest BCUT2D eigenvalue weighted by Crippen LogP contribution is -2.24. The average molecular weight is 262 g/mol. The van der Waals surface area contributed by atoms with Crippen molar-refractivity contribution in [3.05, 3.63) is 41.7 Å². The topological polar surface area (TPSA) is 41.1 Å². The summed E-state index contributed by atoms with van der Waals surface area (Å²) in [5.74, 6) is 0.309. The van der Waals surface area contributed by atoms with E-state index in [0.717, 1.165) is 25.1 Å². The predicted octanol–water partition coefficient (Wildman–Crippen LogP) is 1.95. The van der Waals surface area contributed by atoms with Gasteiger partial charge in [-0.3, -0.25) is 4.79 Å². The van der Waals surface area contributed by atoms with Gasteiger partial charge in [0.25, 0.3) is 0 Å². The van der Waals surface area contributed by atoms with Gasteiger partial charge in [0.1, 0.15) is 5.82 Å². The van der Waals surface area contributed by atoms with Gasteiger partial charge in [0.15, 0.2) is 0 Å². The number of carbonyl (C=O) groups is 1. The maximum atomic E-state index is 12.7. The Morgan fingerprint density at radius 1 is 1.42 bits per heavy atom. The molecular weight excluding hydrogens is 243 g/mol. The first-order valence-corrected chi connectivity index (χ1v) is 6.66. The quantitative estimate of drug-likeness (QED) is 0.796. The second-order valence-corrected chi connectivity index (χ2v) is 4.82. The van der Waals surface area contributed by atoms with E-state index in [1.807, 2.05) is 0 Å². The highest BCUT2D eigenvalue weighted by molar-refractivity contribution is 5.91. The van der Waals surface area contributed by atoms with Gasteiger partial charge in [-0.1, -0.05) is 12.1 Å². The van der Waals surface area contributed by atoms with E-state index in [0.29, 0.717) is 12.5 Å². The fourth-order valence-corrected chi connectivity index (χ4v) is 2.17. The van der Waals surface area contributed by atoms with Crippen LogP contribution in [0.5, 0.6) is 0 Å². The summed E-state index contributed by atoms with van der Waals surface area (Å²) < 4.78 is 12.7. The lowest BCUT2D eigenvalue weighted by Gasteiger charge is -2.07. The molecule has 0 aliphatic carbocycles. The highest BCUT2D eigenvalue weighted by Gasteiger charge is 2.13. The smallest absolute Gasteiger partial charge is 0.243 e. The van der Waals surface area contributed by atoms with E-state index in [4.69, 9.17) is 0 Å². The third kappa shape index (κ3) is 4.83. The highest BCUT2D eigenvalue weighted by atomic mass is 19.1. The van der Waals surface area contributed by atoms with E-state index in [1.54, 1.807) is 18.2 Å². The first kappa shape index (κ1) is 13.7. The number of rotatable bonds is 5. The zero-order chi connectivity index (χ0) is 13.5. The molecule has 1 saturated heterocycles. The van der Waals surface area contributed by atoms with Crippen molar-refractivity contribution in [2.75, 3.05) is 19.6 Å². The first-order valence-electron chi connectivity index (χ1n) is 6.66. The molecule has 1 unspecified atom stereocenters. The molecule has 4 heteroatoms. The van der Waals surface area contributed by atoms with Crippen molar-refractivity contribution in [1.29, 1.82) is 0 Å². The van der Waals surface area contributed by atoms with Gasteiger partial charge >= 0.3 is 0 Å². The predicted molar refractivity (Wildman–Crippen MR) is 74.0 cm³/mol. The Balaban J connectivity index is 1.69. The third-order valence-electron chi connectivity index (χ3n) is 3.31. The molecular formula is C15H19FN2O. The summed E-state index contributed by atoms with van der Waals surface area (Å²) in [6, 6.07) is 6.04. The minimum Gasteiger partial charge on any atom is -0.353 e. The molecule has 1 fully saturated rings. The van der Waals surface area contributed by atoms with Gasteiger partial charge in [-0.2, -0.15) is 0 Å². The van der Waals surface area contributed by atoms with E-state index in [9.17, 15) is 9.18 Å². The van der Waals surface area contributed by atoms with Crippen molar-refractivity contribution in [3.63, 3.8) is 0 Å². The zero-order valence-corrected chi connectivity index (χ0v) is 10.9. The van der Waals surface area contributed by atoms with Crippen molar-refractivity contribution < 1.29 is 9.18 Å². The molecule has 1 aromatic rings. The van der Waals surface area contributed by atoms with Crippen molar-refractivity contribution in [2.45, 2.75) is 12.8 Å². The second-order valence-electron chi connectivity index (χ2n) is 4.82. The Bertz CT molecular complexity index is 436. The van der Waals surface area contributed by atoms with Gasteiger partial charge in [0.2, 0.25) is 5.91 Å². The van der Waals surface area contributed by atoms with Crippen molar-refractivity contribution in [3.8, 4) is 0 Å². The fraction of sp³-hybridized carbons (Fsp3) is 0.400. The van der Waals surface area contributed by atoms with Crippen LogP contribution in [0.3, 0.4) is 0 Å². The molecule has 2 rings (SSSR count). The molecule has 1 aliphatic heterocycles. The van der Waals surface area contributed by atoms with Gasteiger partial charge in [0, 0.05) is 12.6 Å². The van der Waals surface area contributed by atoms with Crippen LogP contribution in [-0.2, 0) is 4.79 Å². The normalized spacial score (nSPS) is 18.9. The van der Waals surface area contributed by atoms with Crippen molar-refractivity contribution >= 4 is 12.0 Å². The van der Waals surface area contributed by atoms with Crippen LogP contribution in [-0.4, -0.2) is 25.5 Å². The van der Waals surface area contributed by atoms with E-state index < -0.39 is 0 Å². The van der Waals surface area contributed by atoms with Crippen molar-refractivity contribution in [2.24, 2.45) is 5.92 Å². The van der Waals surface area contributed by atoms with Crippen LogP contribution in [0.1, 0.15) is 18.4 Å². The molecule has 0 spiro atoms. The highest BCUT2D eigenvalue weighted by Crippen LogP contribution is 2.10. The summed E-state index contributed by atoms with van der Waals surface area (Å²) in [6.45, 7) is 2.85. The largest absolute Gasteiger partial charge is 0.353 e.